The number of carbonyl (C=O) groups is 1. The number of hydrogen-bond donors (Lipinski definition) is 0. The standard InChI is InChI=1S/C19H17N3O6S/c23-19(16-8-7-14(21(24)25)12-17(16)22(26)27)28-15-6-4-5-13(11-15)18(29)20-9-2-1-3-10-20/h4-8,11-12H,1-3,9-10H2. The van der Waals surface area contributed by atoms with Gasteiger partial charge in [-0.1, -0.05) is 24.4 Å². The molecule has 1 aliphatic heterocycles. The molecule has 3 rings (SSSR count). The minimum Gasteiger partial charge on any atom is -0.423 e. The van der Waals surface area contributed by atoms with Crippen molar-refractivity contribution in [3.63, 3.8) is 0 Å². The number of carbonyl (C=O) groups excluding carboxylic acids is 1. The fourth-order valence-electron chi connectivity index (χ4n) is 3.09. The molecule has 2 aromatic carbocycles. The van der Waals surface area contributed by atoms with E-state index in [1.807, 2.05) is 6.07 Å². The summed E-state index contributed by atoms with van der Waals surface area (Å²) in [5.41, 5.74) is -0.832. The molecule has 1 fully saturated rings. The molecule has 1 saturated heterocycles. The summed E-state index contributed by atoms with van der Waals surface area (Å²) in [7, 11) is 0. The van der Waals surface area contributed by atoms with Gasteiger partial charge in [0.25, 0.3) is 11.4 Å². The van der Waals surface area contributed by atoms with Gasteiger partial charge in [0.05, 0.1) is 15.9 Å². The Morgan fingerprint density at radius 2 is 1.72 bits per heavy atom. The highest BCUT2D eigenvalue weighted by molar-refractivity contribution is 7.80. The van der Waals surface area contributed by atoms with E-state index in [0.29, 0.717) is 10.6 Å². The number of likely N-dealkylation sites (tertiary alicyclic amines) is 1. The Bertz CT molecular complexity index is 988. The van der Waals surface area contributed by atoms with Crippen LogP contribution in [0, 0.1) is 20.2 Å². The van der Waals surface area contributed by atoms with Gasteiger partial charge in [0.15, 0.2) is 0 Å². The number of benzene rings is 2. The van der Waals surface area contributed by atoms with Crippen molar-refractivity contribution in [2.24, 2.45) is 0 Å². The number of nitro benzene ring substituents is 2. The maximum Gasteiger partial charge on any atom is 0.350 e. The van der Waals surface area contributed by atoms with E-state index >= 15 is 0 Å². The highest BCUT2D eigenvalue weighted by Crippen LogP contribution is 2.26. The average Bonchev–Trinajstić information content (AvgIpc) is 2.73. The highest BCUT2D eigenvalue weighted by atomic mass is 32.1. The van der Waals surface area contributed by atoms with Crippen LogP contribution in [0.2, 0.25) is 0 Å². The fourth-order valence-corrected chi connectivity index (χ4v) is 3.40. The molecule has 150 valence electrons. The maximum absolute atomic E-state index is 12.5. The molecule has 0 bridgehead atoms. The monoisotopic (exact) mass is 415 g/mol. The summed E-state index contributed by atoms with van der Waals surface area (Å²) in [6, 6.07) is 9.40. The first-order valence-electron chi connectivity index (χ1n) is 8.91. The summed E-state index contributed by atoms with van der Waals surface area (Å²) in [5.74, 6) is -0.799. The average molecular weight is 415 g/mol. The molecule has 0 radical (unpaired) electrons. The molecule has 9 nitrogen and oxygen atoms in total. The maximum atomic E-state index is 12.5. The van der Waals surface area contributed by atoms with Crippen molar-refractivity contribution in [1.82, 2.24) is 4.90 Å². The normalized spacial score (nSPS) is 13.6. The molecule has 0 N–H and O–H groups in total. The summed E-state index contributed by atoms with van der Waals surface area (Å²) in [4.78, 5) is 35.6. The van der Waals surface area contributed by atoms with Crippen LogP contribution in [0.5, 0.6) is 5.75 Å². The molecule has 0 amide bonds. The van der Waals surface area contributed by atoms with Crippen LogP contribution in [0.1, 0.15) is 35.2 Å². The first kappa shape index (κ1) is 20.3. The predicted octanol–water partition coefficient (Wildman–Crippen LogP) is 3.88. The molecule has 10 heteroatoms. The zero-order valence-electron chi connectivity index (χ0n) is 15.3. The topological polar surface area (TPSA) is 116 Å². The van der Waals surface area contributed by atoms with E-state index in [9.17, 15) is 25.0 Å². The highest BCUT2D eigenvalue weighted by Gasteiger charge is 2.26. The third-order valence-electron chi connectivity index (χ3n) is 4.54. The third kappa shape index (κ3) is 4.72. The van der Waals surface area contributed by atoms with Crippen LogP contribution in [0.15, 0.2) is 42.5 Å². The molecule has 2 aromatic rings. The summed E-state index contributed by atoms with van der Waals surface area (Å²) in [5, 5.41) is 22.1. The molecular formula is C19H17N3O6S. The molecule has 1 aliphatic rings. The summed E-state index contributed by atoms with van der Waals surface area (Å²) in [6.45, 7) is 1.75. The van der Waals surface area contributed by atoms with E-state index in [0.717, 1.165) is 44.1 Å². The van der Waals surface area contributed by atoms with Gasteiger partial charge in [0.2, 0.25) is 0 Å². The van der Waals surface area contributed by atoms with Crippen LogP contribution >= 0.6 is 12.2 Å². The molecule has 0 spiro atoms. The van der Waals surface area contributed by atoms with Crippen LogP contribution in [0.3, 0.4) is 0 Å². The number of hydrogen-bond acceptors (Lipinski definition) is 7. The van der Waals surface area contributed by atoms with Gasteiger partial charge in [0.1, 0.15) is 16.3 Å². The van der Waals surface area contributed by atoms with Crippen LogP contribution in [0.25, 0.3) is 0 Å². The lowest BCUT2D eigenvalue weighted by atomic mass is 10.1. The van der Waals surface area contributed by atoms with Gasteiger partial charge in [-0.25, -0.2) is 4.79 Å². The van der Waals surface area contributed by atoms with E-state index in [-0.39, 0.29) is 11.3 Å². The zero-order chi connectivity index (χ0) is 21.0. The first-order chi connectivity index (χ1) is 13.9. The third-order valence-corrected chi connectivity index (χ3v) is 5.04. The van der Waals surface area contributed by atoms with E-state index in [4.69, 9.17) is 17.0 Å². The molecule has 0 unspecified atom stereocenters. The first-order valence-corrected chi connectivity index (χ1v) is 9.32. The van der Waals surface area contributed by atoms with E-state index in [1.54, 1.807) is 12.1 Å². The van der Waals surface area contributed by atoms with Crippen molar-refractivity contribution in [3.05, 3.63) is 73.8 Å². The number of piperidine rings is 1. The number of ether oxygens (including phenoxy) is 1. The second-order valence-corrected chi connectivity index (χ2v) is 6.87. The lowest BCUT2D eigenvalue weighted by Gasteiger charge is -2.29. The van der Waals surface area contributed by atoms with Gasteiger partial charge >= 0.3 is 5.97 Å². The van der Waals surface area contributed by atoms with Crippen molar-refractivity contribution < 1.29 is 19.4 Å². The van der Waals surface area contributed by atoms with Crippen molar-refractivity contribution in [1.29, 1.82) is 0 Å². The Morgan fingerprint density at radius 1 is 1.00 bits per heavy atom. The Morgan fingerprint density at radius 3 is 2.38 bits per heavy atom. The molecule has 0 saturated carbocycles. The summed E-state index contributed by atoms with van der Waals surface area (Å²) < 4.78 is 5.28. The minimum absolute atomic E-state index is 0.180. The second-order valence-electron chi connectivity index (χ2n) is 6.49. The van der Waals surface area contributed by atoms with Gasteiger partial charge in [-0.3, -0.25) is 20.2 Å². The van der Waals surface area contributed by atoms with E-state index in [2.05, 4.69) is 4.90 Å². The smallest absolute Gasteiger partial charge is 0.350 e. The van der Waals surface area contributed by atoms with Crippen molar-refractivity contribution in [3.8, 4) is 5.75 Å². The van der Waals surface area contributed by atoms with Crippen LogP contribution in [0.4, 0.5) is 11.4 Å². The van der Waals surface area contributed by atoms with Crippen molar-refractivity contribution >= 4 is 34.6 Å². The quantitative estimate of drug-likeness (QED) is 0.237. The number of esters is 1. The fraction of sp³-hybridized carbons (Fsp3) is 0.263. The number of rotatable bonds is 5. The van der Waals surface area contributed by atoms with Gasteiger partial charge in [-0.05, 0) is 37.5 Å². The van der Waals surface area contributed by atoms with Crippen molar-refractivity contribution in [2.75, 3.05) is 13.1 Å². The minimum atomic E-state index is -0.979. The van der Waals surface area contributed by atoms with Crippen LogP contribution < -0.4 is 4.74 Å². The molecule has 0 aliphatic carbocycles. The van der Waals surface area contributed by atoms with Crippen LogP contribution in [-0.2, 0) is 0 Å². The van der Waals surface area contributed by atoms with E-state index in [1.165, 1.54) is 12.5 Å². The Labute approximate surface area is 171 Å². The predicted molar refractivity (Wildman–Crippen MR) is 108 cm³/mol. The Hall–Kier alpha value is -3.40. The zero-order valence-corrected chi connectivity index (χ0v) is 16.1. The van der Waals surface area contributed by atoms with Gasteiger partial charge in [0, 0.05) is 24.7 Å². The second kappa shape index (κ2) is 8.74. The number of nitrogens with zero attached hydrogens (tertiary/aromatic N) is 3. The molecular weight excluding hydrogens is 398 g/mol. The number of thiocarbonyl (C=S) groups is 1. The van der Waals surface area contributed by atoms with Gasteiger partial charge in [-0.2, -0.15) is 0 Å². The number of non-ortho nitro benzene ring substituents is 1. The molecule has 0 aromatic heterocycles. The molecule has 29 heavy (non-hydrogen) atoms. The largest absolute Gasteiger partial charge is 0.423 e. The SMILES string of the molecule is O=C(Oc1cccc(C(=S)N2CCCCC2)c1)c1ccc([N+](=O)[O-])cc1[N+](=O)[O-]. The summed E-state index contributed by atoms with van der Waals surface area (Å²) in [6.07, 6.45) is 3.31. The molecule has 1 heterocycles. The molecule has 0 atom stereocenters. The van der Waals surface area contributed by atoms with Gasteiger partial charge < -0.3 is 9.64 Å². The van der Waals surface area contributed by atoms with E-state index < -0.39 is 27.2 Å². The Balaban J connectivity index is 1.81. The lowest BCUT2D eigenvalue weighted by molar-refractivity contribution is -0.394. The number of nitro groups is 2. The Kier molecular flexibility index (Phi) is 6.13. The summed E-state index contributed by atoms with van der Waals surface area (Å²) >= 11 is 5.53. The van der Waals surface area contributed by atoms with Crippen LogP contribution in [-0.4, -0.2) is 38.8 Å². The van der Waals surface area contributed by atoms with Crippen molar-refractivity contribution in [2.45, 2.75) is 19.3 Å². The van der Waals surface area contributed by atoms with Gasteiger partial charge in [-0.15, -0.1) is 0 Å². The lowest BCUT2D eigenvalue weighted by Crippen LogP contribution is -2.34.